The van der Waals surface area contributed by atoms with Gasteiger partial charge >= 0.3 is 18.3 Å². The molecule has 2 heterocycles. The zero-order chi connectivity index (χ0) is 29.7. The second-order valence-corrected chi connectivity index (χ2v) is 10.7. The van der Waals surface area contributed by atoms with Crippen LogP contribution < -0.4 is 4.31 Å². The number of halogens is 7. The second kappa shape index (κ2) is 10.0. The summed E-state index contributed by atoms with van der Waals surface area (Å²) in [7, 11) is -4.60. The number of hydrogen-bond donors (Lipinski definition) is 2. The van der Waals surface area contributed by atoms with E-state index in [1.165, 1.54) is 0 Å². The molecule has 1 aliphatic rings. The molecule has 0 aliphatic carbocycles. The molecular weight excluding hydrogens is 579 g/mol. The van der Waals surface area contributed by atoms with Crippen molar-refractivity contribution in [3.05, 3.63) is 71.2 Å². The highest BCUT2D eigenvalue weighted by molar-refractivity contribution is 7.92. The number of nitrogens with zero attached hydrogens (tertiary/aromatic N) is 3. The minimum atomic E-state index is -6.15. The van der Waals surface area contributed by atoms with Crippen molar-refractivity contribution >= 4 is 21.7 Å². The number of carboxylic acid groups (broad SMARTS) is 1. The number of rotatable bonds is 7. The van der Waals surface area contributed by atoms with Gasteiger partial charge in [-0.15, -0.1) is 10.2 Å². The molecule has 0 bridgehead atoms. The molecule has 0 amide bonds. The predicted molar refractivity (Wildman–Crippen MR) is 120 cm³/mol. The van der Waals surface area contributed by atoms with Crippen LogP contribution >= 0.6 is 0 Å². The molecule has 216 valence electrons. The van der Waals surface area contributed by atoms with Gasteiger partial charge in [-0.1, -0.05) is 12.1 Å². The summed E-state index contributed by atoms with van der Waals surface area (Å²) in [5, 5.41) is 25.9. The van der Waals surface area contributed by atoms with Crippen molar-refractivity contribution in [3.63, 3.8) is 0 Å². The van der Waals surface area contributed by atoms with Crippen LogP contribution in [0.5, 0.6) is 0 Å². The van der Waals surface area contributed by atoms with Crippen molar-refractivity contribution < 1.29 is 58.6 Å². The van der Waals surface area contributed by atoms with Gasteiger partial charge in [-0.3, -0.25) is 9.10 Å². The maximum absolute atomic E-state index is 13.7. The first-order chi connectivity index (χ1) is 18.4. The Morgan fingerprint density at radius 3 is 2.17 bits per heavy atom. The van der Waals surface area contributed by atoms with Crippen molar-refractivity contribution in [1.82, 2.24) is 10.2 Å². The molecule has 40 heavy (non-hydrogen) atoms. The largest absolute Gasteiger partial charge is 0.481 e. The Balaban J connectivity index is 1.82. The number of alkyl halides is 6. The topological polar surface area (TPSA) is 134 Å². The van der Waals surface area contributed by atoms with Crippen LogP contribution in [0, 0.1) is 5.82 Å². The molecule has 1 aliphatic heterocycles. The van der Waals surface area contributed by atoms with Crippen LogP contribution in [0.2, 0.25) is 0 Å². The molecule has 0 unspecified atom stereocenters. The molecule has 1 aromatic heterocycles. The lowest BCUT2D eigenvalue weighted by Crippen LogP contribution is -2.54. The minimum absolute atomic E-state index is 0.163. The van der Waals surface area contributed by atoms with Gasteiger partial charge < -0.3 is 14.6 Å². The van der Waals surface area contributed by atoms with Gasteiger partial charge in [0.2, 0.25) is 11.8 Å². The Labute approximate surface area is 220 Å². The maximum Gasteiger partial charge on any atom is 0.430 e. The average Bonchev–Trinajstić information content (AvgIpc) is 3.27. The number of carbonyl (C=O) groups is 1. The summed E-state index contributed by atoms with van der Waals surface area (Å²) in [4.78, 5) is 10.5. The third-order valence-corrected chi connectivity index (χ3v) is 8.11. The normalized spacial score (nSPS) is 16.6. The van der Waals surface area contributed by atoms with Crippen molar-refractivity contribution in [2.24, 2.45) is 0 Å². The van der Waals surface area contributed by atoms with E-state index in [4.69, 9.17) is 9.52 Å². The highest BCUT2D eigenvalue weighted by Crippen LogP contribution is 2.51. The number of aromatic nitrogens is 2. The van der Waals surface area contributed by atoms with E-state index in [-0.39, 0.29) is 42.3 Å². The molecule has 0 saturated carbocycles. The fourth-order valence-electron chi connectivity index (χ4n) is 4.35. The van der Waals surface area contributed by atoms with Crippen LogP contribution in [0.25, 0.3) is 0 Å². The lowest BCUT2D eigenvalue weighted by atomic mass is 9.87. The molecule has 3 aromatic rings. The Kier molecular flexibility index (Phi) is 7.33. The van der Waals surface area contributed by atoms with Gasteiger partial charge in [-0.05, 0) is 48.7 Å². The average molecular weight is 597 g/mol. The van der Waals surface area contributed by atoms with E-state index < -0.39 is 62.7 Å². The Hall–Kier alpha value is -3.73. The molecule has 0 fully saturated rings. The molecule has 4 rings (SSSR count). The van der Waals surface area contributed by atoms with Crippen LogP contribution in [0.4, 0.5) is 36.4 Å². The number of sulfonamides is 1. The van der Waals surface area contributed by atoms with Crippen LogP contribution in [-0.2, 0) is 39.7 Å². The zero-order valence-electron chi connectivity index (χ0n) is 19.9. The molecule has 0 saturated heterocycles. The van der Waals surface area contributed by atoms with Crippen LogP contribution in [0.3, 0.4) is 0 Å². The third-order valence-electron chi connectivity index (χ3n) is 6.23. The van der Waals surface area contributed by atoms with Crippen molar-refractivity contribution in [1.29, 1.82) is 0 Å². The molecule has 0 radical (unpaired) electrons. The number of benzene rings is 2. The molecule has 0 spiro atoms. The first-order valence-corrected chi connectivity index (χ1v) is 12.7. The molecule has 17 heteroatoms. The summed E-state index contributed by atoms with van der Waals surface area (Å²) in [5.41, 5.74) is -7.32. The summed E-state index contributed by atoms with van der Waals surface area (Å²) < 4.78 is 128. The Morgan fingerprint density at radius 1 is 1.00 bits per heavy atom. The minimum Gasteiger partial charge on any atom is -0.481 e. The van der Waals surface area contributed by atoms with Gasteiger partial charge in [0.05, 0.1) is 16.6 Å². The van der Waals surface area contributed by atoms with E-state index in [1.54, 1.807) is 0 Å². The lowest BCUT2D eigenvalue weighted by molar-refractivity contribution is -0.376. The third kappa shape index (κ3) is 5.22. The summed E-state index contributed by atoms with van der Waals surface area (Å²) in [6.07, 6.45) is -13.6. The molecule has 1 atom stereocenters. The highest BCUT2D eigenvalue weighted by Gasteiger charge is 2.71. The van der Waals surface area contributed by atoms with E-state index >= 15 is 0 Å². The first-order valence-electron chi connectivity index (χ1n) is 11.3. The molecule has 2 N–H and O–H groups in total. The van der Waals surface area contributed by atoms with Crippen molar-refractivity contribution in [2.75, 3.05) is 4.31 Å². The SMILES string of the molecule is O=C(O)Cc1nnc(C[C@@H]2CCc3cc(C(O)(C(F)(F)F)C(F)(F)F)ccc3N2S(=O)(=O)c2ccc(F)cc2)o1. The van der Waals surface area contributed by atoms with Crippen LogP contribution in [0.1, 0.15) is 29.3 Å². The van der Waals surface area contributed by atoms with Crippen LogP contribution in [-0.4, -0.2) is 53.2 Å². The fourth-order valence-corrected chi connectivity index (χ4v) is 6.07. The number of aliphatic carboxylic acids is 1. The number of hydrogen-bond acceptors (Lipinski definition) is 7. The second-order valence-electron chi connectivity index (χ2n) is 8.86. The number of aliphatic hydroxyl groups is 1. The molecule has 2 aromatic carbocycles. The quantitative estimate of drug-likeness (QED) is 0.392. The van der Waals surface area contributed by atoms with E-state index in [2.05, 4.69) is 10.2 Å². The number of aryl methyl sites for hydroxylation is 1. The zero-order valence-corrected chi connectivity index (χ0v) is 20.7. The first kappa shape index (κ1) is 29.3. The summed E-state index contributed by atoms with van der Waals surface area (Å²) >= 11 is 0. The van der Waals surface area contributed by atoms with Crippen molar-refractivity contribution in [2.45, 2.75) is 54.6 Å². The van der Waals surface area contributed by atoms with Gasteiger partial charge in [-0.2, -0.15) is 26.3 Å². The van der Waals surface area contributed by atoms with E-state index in [9.17, 15) is 49.1 Å². The van der Waals surface area contributed by atoms with E-state index in [1.807, 2.05) is 0 Å². The number of fused-ring (bicyclic) bond motifs is 1. The molecular formula is C23H18F7N3O6S. The number of carboxylic acids is 1. The van der Waals surface area contributed by atoms with Crippen molar-refractivity contribution in [3.8, 4) is 0 Å². The van der Waals surface area contributed by atoms with Gasteiger partial charge in [0.1, 0.15) is 12.2 Å². The smallest absolute Gasteiger partial charge is 0.430 e. The summed E-state index contributed by atoms with van der Waals surface area (Å²) in [5.74, 6) is -2.51. The number of anilines is 1. The van der Waals surface area contributed by atoms with Crippen LogP contribution in [0.15, 0.2) is 51.8 Å². The Morgan fingerprint density at radius 2 is 1.60 bits per heavy atom. The van der Waals surface area contributed by atoms with Gasteiger partial charge in [0.15, 0.2) is 0 Å². The maximum atomic E-state index is 13.7. The highest BCUT2D eigenvalue weighted by atomic mass is 32.2. The summed E-state index contributed by atoms with van der Waals surface area (Å²) in [6.45, 7) is 0. The van der Waals surface area contributed by atoms with Gasteiger partial charge in [-0.25, -0.2) is 12.8 Å². The predicted octanol–water partition coefficient (Wildman–Crippen LogP) is 3.90. The monoisotopic (exact) mass is 597 g/mol. The van der Waals surface area contributed by atoms with E-state index in [0.29, 0.717) is 18.2 Å². The fraction of sp³-hybridized carbons (Fsp3) is 0.348. The van der Waals surface area contributed by atoms with E-state index in [0.717, 1.165) is 28.6 Å². The Bertz CT molecular complexity index is 1510. The van der Waals surface area contributed by atoms with Gasteiger partial charge in [0.25, 0.3) is 15.6 Å². The lowest BCUT2D eigenvalue weighted by Gasteiger charge is -2.39. The summed E-state index contributed by atoms with van der Waals surface area (Å²) in [6, 6.07) is 3.95. The van der Waals surface area contributed by atoms with Gasteiger partial charge in [0, 0.05) is 12.0 Å². The molecule has 9 nitrogen and oxygen atoms in total. The standard InChI is InChI=1S/C23H18F7N3O6S/c24-14-3-6-16(7-4-14)40(37,38)33-15(10-18-31-32-19(39-18)11-20(34)35)5-1-12-9-13(2-8-17(12)33)21(36,22(25,26)27)23(28,29)30/h2-4,6-9,15,36H,1,5,10-11H2,(H,34,35)/t15-/m0/s1.